The molecule has 0 saturated carbocycles. The van der Waals surface area contributed by atoms with Gasteiger partial charge in [0.25, 0.3) is 0 Å². The first-order valence-corrected chi connectivity index (χ1v) is 7.87. The van der Waals surface area contributed by atoms with Gasteiger partial charge in [-0.1, -0.05) is 6.92 Å². The van der Waals surface area contributed by atoms with E-state index in [1.54, 1.807) is 7.11 Å². The van der Waals surface area contributed by atoms with Gasteiger partial charge < -0.3 is 19.7 Å². The lowest BCUT2D eigenvalue weighted by Crippen LogP contribution is -2.45. The zero-order valence-electron chi connectivity index (χ0n) is 13.8. The van der Waals surface area contributed by atoms with E-state index in [2.05, 4.69) is 24.1 Å². The molecule has 6 heteroatoms. The lowest BCUT2D eigenvalue weighted by atomic mass is 10.00. The molecule has 1 N–H and O–H groups in total. The quantitative estimate of drug-likeness (QED) is 0.287. The molecular formula is C15H32IN3O2. The molecule has 0 aromatic heterocycles. The van der Waals surface area contributed by atoms with Crippen molar-refractivity contribution in [1.29, 1.82) is 0 Å². The van der Waals surface area contributed by atoms with Crippen LogP contribution in [0.25, 0.3) is 0 Å². The van der Waals surface area contributed by atoms with E-state index in [0.717, 1.165) is 51.1 Å². The van der Waals surface area contributed by atoms with Gasteiger partial charge in [0.15, 0.2) is 5.96 Å². The van der Waals surface area contributed by atoms with Gasteiger partial charge in [0.1, 0.15) is 0 Å². The van der Waals surface area contributed by atoms with Crippen LogP contribution in [0.5, 0.6) is 0 Å². The minimum absolute atomic E-state index is 0. The molecule has 1 heterocycles. The van der Waals surface area contributed by atoms with E-state index in [-0.39, 0.29) is 24.0 Å². The second-order valence-electron chi connectivity index (χ2n) is 5.36. The van der Waals surface area contributed by atoms with Gasteiger partial charge in [0.05, 0.1) is 13.2 Å². The number of nitrogens with one attached hydrogen (secondary N) is 1. The summed E-state index contributed by atoms with van der Waals surface area (Å²) in [5.74, 6) is 1.92. The Morgan fingerprint density at radius 2 is 1.95 bits per heavy atom. The minimum atomic E-state index is 0. The molecular weight excluding hydrogens is 381 g/mol. The van der Waals surface area contributed by atoms with Gasteiger partial charge >= 0.3 is 0 Å². The van der Waals surface area contributed by atoms with Crippen molar-refractivity contribution >= 4 is 29.9 Å². The normalized spacial score (nSPS) is 16.7. The fourth-order valence-electron chi connectivity index (χ4n) is 2.24. The highest BCUT2D eigenvalue weighted by Crippen LogP contribution is 2.15. The van der Waals surface area contributed by atoms with Crippen LogP contribution in [0.1, 0.15) is 33.1 Å². The van der Waals surface area contributed by atoms with Crippen molar-refractivity contribution < 1.29 is 9.47 Å². The van der Waals surface area contributed by atoms with Gasteiger partial charge in [-0.15, -0.1) is 24.0 Å². The van der Waals surface area contributed by atoms with E-state index in [1.807, 2.05) is 0 Å². The van der Waals surface area contributed by atoms with Gasteiger partial charge in [0.2, 0.25) is 0 Å². The number of nitrogens with zero attached hydrogens (tertiary/aromatic N) is 2. The van der Waals surface area contributed by atoms with Crippen LogP contribution in [-0.2, 0) is 9.47 Å². The van der Waals surface area contributed by atoms with Crippen LogP contribution in [0.3, 0.4) is 0 Å². The van der Waals surface area contributed by atoms with Gasteiger partial charge in [-0.2, -0.15) is 0 Å². The van der Waals surface area contributed by atoms with E-state index in [4.69, 9.17) is 14.5 Å². The van der Waals surface area contributed by atoms with E-state index in [0.29, 0.717) is 13.2 Å². The highest BCUT2D eigenvalue weighted by molar-refractivity contribution is 14.0. The molecule has 0 amide bonds. The first-order valence-electron chi connectivity index (χ1n) is 7.87. The van der Waals surface area contributed by atoms with Crippen LogP contribution in [-0.4, -0.2) is 64.0 Å². The Balaban J connectivity index is 0.00000400. The number of hydrogen-bond acceptors (Lipinski definition) is 3. The lowest BCUT2D eigenvalue weighted by molar-refractivity contribution is 0.0702. The van der Waals surface area contributed by atoms with Crippen LogP contribution < -0.4 is 5.32 Å². The summed E-state index contributed by atoms with van der Waals surface area (Å²) in [6.45, 7) is 10.5. The third-order valence-electron chi connectivity index (χ3n) is 3.56. The van der Waals surface area contributed by atoms with E-state index in [1.165, 1.54) is 12.8 Å². The largest absolute Gasteiger partial charge is 0.382 e. The highest BCUT2D eigenvalue weighted by atomic mass is 127. The minimum Gasteiger partial charge on any atom is -0.382 e. The number of likely N-dealkylation sites (tertiary alicyclic amines) is 1. The number of halogens is 1. The third-order valence-corrected chi connectivity index (χ3v) is 3.56. The number of aliphatic imine (C=N–C) groups is 1. The van der Waals surface area contributed by atoms with Crippen molar-refractivity contribution in [2.75, 3.05) is 53.1 Å². The number of methoxy groups -OCH3 is 1. The zero-order chi connectivity index (χ0) is 14.6. The molecule has 126 valence electrons. The van der Waals surface area contributed by atoms with Gasteiger partial charge in [0, 0.05) is 39.9 Å². The Morgan fingerprint density at radius 1 is 1.24 bits per heavy atom. The molecule has 1 fully saturated rings. The molecule has 0 aromatic rings. The van der Waals surface area contributed by atoms with Crippen LogP contribution in [0, 0.1) is 5.92 Å². The number of guanidine groups is 1. The first-order chi connectivity index (χ1) is 9.77. The van der Waals surface area contributed by atoms with Crippen molar-refractivity contribution in [2.24, 2.45) is 10.9 Å². The first kappa shape index (κ1) is 20.9. The summed E-state index contributed by atoms with van der Waals surface area (Å²) in [5, 5.41) is 3.39. The van der Waals surface area contributed by atoms with Gasteiger partial charge in [-0.25, -0.2) is 0 Å². The molecule has 0 aliphatic carbocycles. The summed E-state index contributed by atoms with van der Waals surface area (Å²) >= 11 is 0. The SMILES string of the molecule is CCNC(=NCCCOCCOC)N1CCC(C)CC1.I. The van der Waals surface area contributed by atoms with Crippen LogP contribution >= 0.6 is 24.0 Å². The van der Waals surface area contributed by atoms with E-state index in [9.17, 15) is 0 Å². The van der Waals surface area contributed by atoms with Crippen molar-refractivity contribution in [3.05, 3.63) is 0 Å². The Labute approximate surface area is 146 Å². The maximum absolute atomic E-state index is 5.45. The lowest BCUT2D eigenvalue weighted by Gasteiger charge is -2.33. The molecule has 0 aromatic carbocycles. The Morgan fingerprint density at radius 3 is 2.57 bits per heavy atom. The summed E-state index contributed by atoms with van der Waals surface area (Å²) in [6, 6.07) is 0. The fourth-order valence-corrected chi connectivity index (χ4v) is 2.24. The average Bonchev–Trinajstić information content (AvgIpc) is 2.46. The second kappa shape index (κ2) is 13.6. The van der Waals surface area contributed by atoms with Gasteiger partial charge in [-0.05, 0) is 32.1 Å². The molecule has 1 aliphatic rings. The average molecular weight is 413 g/mol. The smallest absolute Gasteiger partial charge is 0.193 e. The van der Waals surface area contributed by atoms with E-state index < -0.39 is 0 Å². The second-order valence-corrected chi connectivity index (χ2v) is 5.36. The maximum atomic E-state index is 5.45. The molecule has 0 bridgehead atoms. The predicted molar refractivity (Wildman–Crippen MR) is 98.7 cm³/mol. The molecule has 0 unspecified atom stereocenters. The number of ether oxygens (including phenoxy) is 2. The summed E-state index contributed by atoms with van der Waals surface area (Å²) in [5.41, 5.74) is 0. The van der Waals surface area contributed by atoms with Crippen molar-refractivity contribution in [1.82, 2.24) is 10.2 Å². The van der Waals surface area contributed by atoms with Crippen LogP contribution in [0.4, 0.5) is 0 Å². The standard InChI is InChI=1S/C15H31N3O2.HI/c1-4-16-15(18-9-6-14(2)7-10-18)17-8-5-11-20-13-12-19-3;/h14H,4-13H2,1-3H3,(H,16,17);1H. The monoisotopic (exact) mass is 413 g/mol. The molecule has 5 nitrogen and oxygen atoms in total. The summed E-state index contributed by atoms with van der Waals surface area (Å²) in [6.07, 6.45) is 3.50. The number of hydrogen-bond donors (Lipinski definition) is 1. The third kappa shape index (κ3) is 9.52. The molecule has 1 saturated heterocycles. The summed E-state index contributed by atoms with van der Waals surface area (Å²) in [4.78, 5) is 7.08. The highest BCUT2D eigenvalue weighted by Gasteiger charge is 2.18. The topological polar surface area (TPSA) is 46.1 Å². The predicted octanol–water partition coefficient (Wildman–Crippen LogP) is 2.35. The van der Waals surface area contributed by atoms with Crippen molar-refractivity contribution in [3.63, 3.8) is 0 Å². The molecule has 1 rings (SSSR count). The summed E-state index contributed by atoms with van der Waals surface area (Å²) in [7, 11) is 1.69. The molecule has 1 aliphatic heterocycles. The number of rotatable bonds is 8. The van der Waals surface area contributed by atoms with Crippen molar-refractivity contribution in [3.8, 4) is 0 Å². The van der Waals surface area contributed by atoms with Crippen LogP contribution in [0.2, 0.25) is 0 Å². The molecule has 21 heavy (non-hydrogen) atoms. The van der Waals surface area contributed by atoms with Crippen molar-refractivity contribution in [2.45, 2.75) is 33.1 Å². The molecule has 0 radical (unpaired) electrons. The van der Waals surface area contributed by atoms with Crippen LogP contribution in [0.15, 0.2) is 4.99 Å². The maximum Gasteiger partial charge on any atom is 0.193 e. The molecule has 0 spiro atoms. The summed E-state index contributed by atoms with van der Waals surface area (Å²) < 4.78 is 10.4. The fraction of sp³-hybridized carbons (Fsp3) is 0.933. The number of piperidine rings is 1. The Hall–Kier alpha value is -0.0800. The zero-order valence-corrected chi connectivity index (χ0v) is 16.1. The van der Waals surface area contributed by atoms with Gasteiger partial charge in [-0.3, -0.25) is 4.99 Å². The van der Waals surface area contributed by atoms with E-state index >= 15 is 0 Å². The Kier molecular flexibility index (Phi) is 13.5. The Bertz CT molecular complexity index is 270. The molecule has 0 atom stereocenters.